The first-order chi connectivity index (χ1) is 17.7. The number of benzene rings is 2. The summed E-state index contributed by atoms with van der Waals surface area (Å²) in [6, 6.07) is 11.5. The Bertz CT molecular complexity index is 1340. The number of nitrogens with zero attached hydrogens (tertiary/aromatic N) is 4. The number of ether oxygens (including phenoxy) is 1. The fraction of sp³-hybridized carbons (Fsp3) is 0.346. The molecule has 3 aromatic rings. The first-order valence-electron chi connectivity index (χ1n) is 11.8. The van der Waals surface area contributed by atoms with E-state index in [1.165, 1.54) is 25.1 Å². The van der Waals surface area contributed by atoms with Gasteiger partial charge < -0.3 is 19.5 Å². The summed E-state index contributed by atoms with van der Waals surface area (Å²) in [5.74, 6) is 0.134. The molecule has 1 amide bonds. The van der Waals surface area contributed by atoms with Crippen molar-refractivity contribution in [3.63, 3.8) is 0 Å². The van der Waals surface area contributed by atoms with Crippen LogP contribution in [0, 0.1) is 0 Å². The van der Waals surface area contributed by atoms with Crippen LogP contribution in [-0.4, -0.2) is 62.1 Å². The summed E-state index contributed by atoms with van der Waals surface area (Å²) in [6.07, 6.45) is -4.67. The van der Waals surface area contributed by atoms with Crippen molar-refractivity contribution in [3.05, 3.63) is 59.3 Å². The van der Waals surface area contributed by atoms with Gasteiger partial charge >= 0.3 is 6.18 Å². The summed E-state index contributed by atoms with van der Waals surface area (Å²) < 4.78 is 51.9. The van der Waals surface area contributed by atoms with Gasteiger partial charge in [0.1, 0.15) is 0 Å². The first kappa shape index (κ1) is 25.0. The smallest absolute Gasteiger partial charge is 0.379 e. The maximum Gasteiger partial charge on any atom is 0.418 e. The fourth-order valence-electron chi connectivity index (χ4n) is 4.43. The van der Waals surface area contributed by atoms with Crippen LogP contribution in [0.1, 0.15) is 23.2 Å². The first-order valence-corrected chi connectivity index (χ1v) is 11.8. The lowest BCUT2D eigenvalue weighted by Crippen LogP contribution is -2.35. The van der Waals surface area contributed by atoms with E-state index in [9.17, 15) is 18.0 Å². The van der Waals surface area contributed by atoms with Gasteiger partial charge in [0, 0.05) is 45.4 Å². The van der Waals surface area contributed by atoms with E-state index in [0.717, 1.165) is 30.4 Å². The van der Waals surface area contributed by atoms with Gasteiger partial charge in [-0.3, -0.25) is 14.7 Å². The van der Waals surface area contributed by atoms with Crippen molar-refractivity contribution in [3.8, 4) is 11.3 Å². The number of anilines is 2. The van der Waals surface area contributed by atoms with Crippen LogP contribution in [0.3, 0.4) is 0 Å². The standard InChI is InChI=1S/C26H26F3N5O3/c1-33(2)23-13-22-21(12-19(23)26(27,28)29)31-25(35)14-20(30-22)16-4-3-5-17(10-16)24-11-18(32-37-24)15-34-6-8-36-9-7-34/h3-5,10-13H,6-9,14-15H2,1-2H3,(H,31,35). The molecule has 0 bridgehead atoms. The molecule has 0 saturated carbocycles. The number of rotatable bonds is 5. The van der Waals surface area contributed by atoms with Crippen LogP contribution in [0.15, 0.2) is 52.0 Å². The number of hydrogen-bond acceptors (Lipinski definition) is 7. The summed E-state index contributed by atoms with van der Waals surface area (Å²) in [5.41, 5.74) is 2.08. The molecule has 0 atom stereocenters. The van der Waals surface area contributed by atoms with Crippen molar-refractivity contribution in [1.29, 1.82) is 0 Å². The molecule has 11 heteroatoms. The van der Waals surface area contributed by atoms with E-state index in [1.54, 1.807) is 0 Å². The van der Waals surface area contributed by atoms with Crippen molar-refractivity contribution in [1.82, 2.24) is 10.1 Å². The quantitative estimate of drug-likeness (QED) is 0.532. The van der Waals surface area contributed by atoms with Crippen molar-refractivity contribution >= 4 is 28.7 Å². The van der Waals surface area contributed by atoms with E-state index >= 15 is 0 Å². The van der Waals surface area contributed by atoms with E-state index in [0.29, 0.717) is 36.8 Å². The highest BCUT2D eigenvalue weighted by molar-refractivity contribution is 6.17. The van der Waals surface area contributed by atoms with Crippen LogP contribution in [0.25, 0.3) is 11.3 Å². The average molecular weight is 514 g/mol. The van der Waals surface area contributed by atoms with Gasteiger partial charge in [-0.2, -0.15) is 13.2 Å². The summed E-state index contributed by atoms with van der Waals surface area (Å²) in [6.45, 7) is 3.71. The average Bonchev–Trinajstić information content (AvgIpc) is 3.25. The Labute approximate surface area is 211 Å². The van der Waals surface area contributed by atoms with Gasteiger partial charge in [-0.25, -0.2) is 0 Å². The second-order valence-electron chi connectivity index (χ2n) is 9.21. The third kappa shape index (κ3) is 5.52. The molecule has 5 rings (SSSR count). The Morgan fingerprint density at radius 2 is 1.84 bits per heavy atom. The highest BCUT2D eigenvalue weighted by Gasteiger charge is 2.36. The number of carbonyl (C=O) groups is 1. The van der Waals surface area contributed by atoms with Crippen LogP contribution in [-0.2, 0) is 22.3 Å². The molecule has 1 saturated heterocycles. The molecule has 194 valence electrons. The third-order valence-electron chi connectivity index (χ3n) is 6.29. The SMILES string of the molecule is CN(C)c1cc2c(cc1C(F)(F)F)NC(=O)CC(c1cccc(-c3cc(CN4CCOCC4)no3)c1)=N2. The molecule has 2 aliphatic rings. The number of aliphatic imine (C=N–C) groups is 1. The summed E-state index contributed by atoms with van der Waals surface area (Å²) in [7, 11) is 3.07. The van der Waals surface area contributed by atoms with Gasteiger partial charge in [-0.05, 0) is 23.8 Å². The van der Waals surface area contributed by atoms with E-state index in [1.807, 2.05) is 30.3 Å². The van der Waals surface area contributed by atoms with Crippen LogP contribution in [0.2, 0.25) is 0 Å². The number of morpholine rings is 1. The van der Waals surface area contributed by atoms with Crippen LogP contribution >= 0.6 is 0 Å². The van der Waals surface area contributed by atoms with Crippen molar-refractivity contribution in [2.45, 2.75) is 19.1 Å². The molecule has 0 aliphatic carbocycles. The summed E-state index contributed by atoms with van der Waals surface area (Å²) in [4.78, 5) is 20.9. The molecule has 1 aromatic heterocycles. The Hall–Kier alpha value is -3.70. The van der Waals surface area contributed by atoms with Gasteiger partial charge in [0.25, 0.3) is 0 Å². The minimum Gasteiger partial charge on any atom is -0.379 e. The topological polar surface area (TPSA) is 83.2 Å². The Balaban J connectivity index is 1.47. The molecule has 1 N–H and O–H groups in total. The second kappa shape index (κ2) is 9.98. The minimum atomic E-state index is -4.58. The number of halogens is 3. The van der Waals surface area contributed by atoms with E-state index in [4.69, 9.17) is 9.26 Å². The Kier molecular flexibility index (Phi) is 6.74. The maximum atomic E-state index is 13.7. The molecule has 0 spiro atoms. The molecule has 8 nitrogen and oxygen atoms in total. The van der Waals surface area contributed by atoms with E-state index in [2.05, 4.69) is 20.4 Å². The van der Waals surface area contributed by atoms with Crippen molar-refractivity contribution in [2.75, 3.05) is 50.6 Å². The normalized spacial score (nSPS) is 16.6. The predicted molar refractivity (Wildman–Crippen MR) is 133 cm³/mol. The lowest BCUT2D eigenvalue weighted by molar-refractivity contribution is -0.137. The van der Waals surface area contributed by atoms with E-state index < -0.39 is 17.6 Å². The highest BCUT2D eigenvalue weighted by Crippen LogP contribution is 2.43. The van der Waals surface area contributed by atoms with Crippen molar-refractivity contribution in [2.24, 2.45) is 4.99 Å². The predicted octanol–water partition coefficient (Wildman–Crippen LogP) is 4.72. The van der Waals surface area contributed by atoms with Crippen molar-refractivity contribution < 1.29 is 27.2 Å². The molecular formula is C26H26F3N5O3. The van der Waals surface area contributed by atoms with Gasteiger partial charge in [0.15, 0.2) is 5.76 Å². The molecule has 2 aromatic carbocycles. The number of nitrogens with one attached hydrogen (secondary N) is 1. The molecule has 3 heterocycles. The molecule has 0 unspecified atom stereocenters. The maximum absolute atomic E-state index is 13.7. The number of hydrogen-bond donors (Lipinski definition) is 1. The lowest BCUT2D eigenvalue weighted by atomic mass is 10.0. The molecule has 2 aliphatic heterocycles. The second-order valence-corrected chi connectivity index (χ2v) is 9.21. The number of amides is 1. The zero-order valence-corrected chi connectivity index (χ0v) is 20.4. The largest absolute Gasteiger partial charge is 0.418 e. The minimum absolute atomic E-state index is 0.0251. The molecule has 0 radical (unpaired) electrons. The monoisotopic (exact) mass is 513 g/mol. The number of carbonyl (C=O) groups excluding carboxylic acids is 1. The van der Waals surface area contributed by atoms with Crippen LogP contribution < -0.4 is 10.2 Å². The number of alkyl halides is 3. The summed E-state index contributed by atoms with van der Waals surface area (Å²) in [5, 5.41) is 6.77. The van der Waals surface area contributed by atoms with Gasteiger partial charge in [-0.15, -0.1) is 0 Å². The molecule has 37 heavy (non-hydrogen) atoms. The summed E-state index contributed by atoms with van der Waals surface area (Å²) >= 11 is 0. The molecule has 1 fully saturated rings. The van der Waals surface area contributed by atoms with E-state index in [-0.39, 0.29) is 23.5 Å². The van der Waals surface area contributed by atoms with Gasteiger partial charge in [0.05, 0.1) is 53.7 Å². The lowest BCUT2D eigenvalue weighted by Gasteiger charge is -2.25. The number of fused-ring (bicyclic) bond motifs is 1. The highest BCUT2D eigenvalue weighted by atomic mass is 19.4. The fourth-order valence-corrected chi connectivity index (χ4v) is 4.43. The Morgan fingerprint density at radius 3 is 2.57 bits per heavy atom. The zero-order chi connectivity index (χ0) is 26.2. The number of aromatic nitrogens is 1. The van der Waals surface area contributed by atoms with Gasteiger partial charge in [0.2, 0.25) is 5.91 Å². The Morgan fingerprint density at radius 1 is 1.08 bits per heavy atom. The van der Waals surface area contributed by atoms with Crippen LogP contribution in [0.5, 0.6) is 0 Å². The zero-order valence-electron chi connectivity index (χ0n) is 20.4. The van der Waals surface area contributed by atoms with Gasteiger partial charge in [-0.1, -0.05) is 23.4 Å². The third-order valence-corrected chi connectivity index (χ3v) is 6.29. The molecular weight excluding hydrogens is 487 g/mol. The van der Waals surface area contributed by atoms with Crippen LogP contribution in [0.4, 0.5) is 30.2 Å².